The van der Waals surface area contributed by atoms with Crippen molar-refractivity contribution >= 4 is 32.8 Å². The van der Waals surface area contributed by atoms with Crippen molar-refractivity contribution in [2.75, 3.05) is 0 Å². The first-order chi connectivity index (χ1) is 19.5. The number of benzene rings is 4. The molecular formula is C38H38NO+. The second-order valence-electron chi connectivity index (χ2n) is 12.1. The number of hydrogen-bond acceptors (Lipinski definition) is 1. The standard InChI is InChI=1S/C38H38NO/c1-24(2)33-23-35(39(4)34-16-9-8-13-30(33)34)36-25(3)17-22-32-31-15-10-14-29(37(31)40-38(32)36)28-20-18-27(19-21-28)26-11-6-5-7-12-26/h8-10,13-24,26H,5-7,11-12H2,1-4H3/q+1. The van der Waals surface area contributed by atoms with Gasteiger partial charge >= 0.3 is 0 Å². The van der Waals surface area contributed by atoms with Gasteiger partial charge in [-0.2, -0.15) is 4.57 Å². The third-order valence-corrected chi connectivity index (χ3v) is 9.28. The predicted octanol–water partition coefficient (Wildman–Crippen LogP) is 10.4. The van der Waals surface area contributed by atoms with Gasteiger partial charge in [-0.3, -0.25) is 0 Å². The fraction of sp³-hybridized carbons (Fsp3) is 0.289. The van der Waals surface area contributed by atoms with E-state index in [2.05, 4.69) is 117 Å². The van der Waals surface area contributed by atoms with E-state index in [1.807, 2.05) is 0 Å². The molecule has 200 valence electrons. The van der Waals surface area contributed by atoms with Gasteiger partial charge in [0.15, 0.2) is 0 Å². The molecule has 0 N–H and O–H groups in total. The quantitative estimate of drug-likeness (QED) is 0.210. The highest BCUT2D eigenvalue weighted by Gasteiger charge is 2.25. The van der Waals surface area contributed by atoms with Crippen molar-refractivity contribution in [3.63, 3.8) is 0 Å². The largest absolute Gasteiger partial charge is 0.454 e. The van der Waals surface area contributed by atoms with Crippen LogP contribution in [0.25, 0.3) is 55.2 Å². The summed E-state index contributed by atoms with van der Waals surface area (Å²) in [6, 6.07) is 31.5. The number of rotatable bonds is 4. The van der Waals surface area contributed by atoms with E-state index in [1.54, 1.807) is 0 Å². The molecule has 0 radical (unpaired) electrons. The summed E-state index contributed by atoms with van der Waals surface area (Å²) in [4.78, 5) is 0. The number of nitrogens with zero attached hydrogens (tertiary/aromatic N) is 1. The van der Waals surface area contributed by atoms with Crippen LogP contribution in [0.2, 0.25) is 0 Å². The lowest BCUT2D eigenvalue weighted by Crippen LogP contribution is -2.33. The van der Waals surface area contributed by atoms with Crippen LogP contribution in [0.5, 0.6) is 0 Å². The van der Waals surface area contributed by atoms with Crippen molar-refractivity contribution in [3.05, 3.63) is 102 Å². The Labute approximate surface area is 237 Å². The first-order valence-corrected chi connectivity index (χ1v) is 15.0. The Hall–Kier alpha value is -3.91. The molecule has 0 unspecified atom stereocenters. The predicted molar refractivity (Wildman–Crippen MR) is 168 cm³/mol. The van der Waals surface area contributed by atoms with Gasteiger partial charge < -0.3 is 4.42 Å². The molecule has 4 aromatic carbocycles. The molecule has 40 heavy (non-hydrogen) atoms. The Morgan fingerprint density at radius 3 is 2.25 bits per heavy atom. The van der Waals surface area contributed by atoms with E-state index in [0.29, 0.717) is 11.8 Å². The van der Waals surface area contributed by atoms with Crippen LogP contribution in [0.3, 0.4) is 0 Å². The van der Waals surface area contributed by atoms with Crippen LogP contribution in [0.1, 0.15) is 74.5 Å². The molecule has 2 heterocycles. The summed E-state index contributed by atoms with van der Waals surface area (Å²) in [5.41, 5.74) is 12.0. The monoisotopic (exact) mass is 524 g/mol. The maximum atomic E-state index is 6.91. The lowest BCUT2D eigenvalue weighted by atomic mass is 9.83. The highest BCUT2D eigenvalue weighted by molar-refractivity contribution is 6.13. The van der Waals surface area contributed by atoms with Gasteiger partial charge in [-0.15, -0.1) is 0 Å². The average Bonchev–Trinajstić information content (AvgIpc) is 3.37. The zero-order chi connectivity index (χ0) is 27.4. The zero-order valence-electron chi connectivity index (χ0n) is 24.1. The molecule has 2 aromatic heterocycles. The van der Waals surface area contributed by atoms with Crippen molar-refractivity contribution in [2.24, 2.45) is 7.05 Å². The number of para-hydroxylation sites is 2. The lowest BCUT2D eigenvalue weighted by Gasteiger charge is -2.22. The number of furan rings is 1. The van der Waals surface area contributed by atoms with Gasteiger partial charge in [0.1, 0.15) is 18.2 Å². The summed E-state index contributed by atoms with van der Waals surface area (Å²) >= 11 is 0. The van der Waals surface area contributed by atoms with Crippen LogP contribution in [-0.4, -0.2) is 0 Å². The van der Waals surface area contributed by atoms with Crippen molar-refractivity contribution in [1.29, 1.82) is 0 Å². The highest BCUT2D eigenvalue weighted by Crippen LogP contribution is 2.42. The van der Waals surface area contributed by atoms with Crippen molar-refractivity contribution < 1.29 is 8.98 Å². The summed E-state index contributed by atoms with van der Waals surface area (Å²) in [6.07, 6.45) is 6.76. The molecule has 1 saturated carbocycles. The molecule has 6 aromatic rings. The van der Waals surface area contributed by atoms with Crippen molar-refractivity contribution in [3.8, 4) is 22.4 Å². The molecule has 2 nitrogen and oxygen atoms in total. The molecule has 0 saturated heterocycles. The van der Waals surface area contributed by atoms with E-state index < -0.39 is 0 Å². The molecule has 1 aliphatic carbocycles. The lowest BCUT2D eigenvalue weighted by molar-refractivity contribution is -0.633. The molecule has 0 spiro atoms. The molecular weight excluding hydrogens is 486 g/mol. The van der Waals surface area contributed by atoms with E-state index in [-0.39, 0.29) is 0 Å². The molecule has 1 fully saturated rings. The molecule has 0 amide bonds. The second-order valence-corrected chi connectivity index (χ2v) is 12.1. The Morgan fingerprint density at radius 2 is 1.48 bits per heavy atom. The van der Waals surface area contributed by atoms with E-state index in [0.717, 1.165) is 11.2 Å². The third kappa shape index (κ3) is 4.04. The van der Waals surface area contributed by atoms with Gasteiger partial charge in [0, 0.05) is 33.9 Å². The van der Waals surface area contributed by atoms with E-state index in [9.17, 15) is 0 Å². The van der Waals surface area contributed by atoms with E-state index >= 15 is 0 Å². The van der Waals surface area contributed by atoms with Crippen LogP contribution in [0.15, 0.2) is 89.3 Å². The fourth-order valence-corrected chi connectivity index (χ4v) is 7.06. The van der Waals surface area contributed by atoms with Crippen LogP contribution in [0, 0.1) is 6.92 Å². The van der Waals surface area contributed by atoms with Crippen molar-refractivity contribution in [1.82, 2.24) is 0 Å². The SMILES string of the molecule is Cc1ccc2c(oc3c(-c4ccc(C5CCCCC5)cc4)cccc32)c1-c1cc(C(C)C)c2ccccc2[n+]1C. The van der Waals surface area contributed by atoms with Crippen molar-refractivity contribution in [2.45, 2.75) is 64.7 Å². The summed E-state index contributed by atoms with van der Waals surface area (Å²) < 4.78 is 9.24. The molecule has 2 heteroatoms. The first-order valence-electron chi connectivity index (χ1n) is 15.0. The van der Waals surface area contributed by atoms with Crippen LogP contribution < -0.4 is 4.57 Å². The van der Waals surface area contributed by atoms with Crippen LogP contribution in [0.4, 0.5) is 0 Å². The maximum Gasteiger partial charge on any atom is 0.217 e. The Kier molecular flexibility index (Phi) is 6.23. The summed E-state index contributed by atoms with van der Waals surface area (Å²) in [6.45, 7) is 6.77. The van der Waals surface area contributed by atoms with Gasteiger partial charge in [-0.05, 0) is 59.9 Å². The topological polar surface area (TPSA) is 17.0 Å². The number of pyridine rings is 1. The number of fused-ring (bicyclic) bond motifs is 4. The van der Waals surface area contributed by atoms with Gasteiger partial charge in [0.25, 0.3) is 0 Å². The van der Waals surface area contributed by atoms with Crippen LogP contribution >= 0.6 is 0 Å². The number of aryl methyl sites for hydroxylation is 2. The van der Waals surface area contributed by atoms with E-state index in [4.69, 9.17) is 4.42 Å². The minimum Gasteiger partial charge on any atom is -0.454 e. The maximum absolute atomic E-state index is 6.91. The average molecular weight is 525 g/mol. The summed E-state index contributed by atoms with van der Waals surface area (Å²) in [5, 5.41) is 3.67. The molecule has 1 aliphatic rings. The summed E-state index contributed by atoms with van der Waals surface area (Å²) in [7, 11) is 2.18. The number of hydrogen-bond donors (Lipinski definition) is 0. The highest BCUT2D eigenvalue weighted by atomic mass is 16.3. The Balaban J connectivity index is 1.42. The molecule has 7 rings (SSSR count). The van der Waals surface area contributed by atoms with Crippen LogP contribution in [-0.2, 0) is 7.05 Å². The fourth-order valence-electron chi connectivity index (χ4n) is 7.06. The third-order valence-electron chi connectivity index (χ3n) is 9.28. The molecule has 0 aliphatic heterocycles. The normalized spacial score (nSPS) is 14.6. The molecule has 0 bridgehead atoms. The van der Waals surface area contributed by atoms with Gasteiger partial charge in [-0.25, -0.2) is 0 Å². The molecule has 0 atom stereocenters. The number of aromatic nitrogens is 1. The minimum atomic E-state index is 0.420. The van der Waals surface area contributed by atoms with E-state index in [1.165, 1.54) is 92.9 Å². The second kappa shape index (κ2) is 9.93. The van der Waals surface area contributed by atoms with Gasteiger partial charge in [0.05, 0.1) is 5.56 Å². The van der Waals surface area contributed by atoms with Gasteiger partial charge in [0.2, 0.25) is 11.2 Å². The zero-order valence-corrected chi connectivity index (χ0v) is 24.1. The Bertz CT molecular complexity index is 1870. The summed E-state index contributed by atoms with van der Waals surface area (Å²) in [5.74, 6) is 1.14. The Morgan fingerprint density at radius 1 is 0.750 bits per heavy atom. The smallest absolute Gasteiger partial charge is 0.217 e. The minimum absolute atomic E-state index is 0.420. The first kappa shape index (κ1) is 25.1. The van der Waals surface area contributed by atoms with Gasteiger partial charge in [-0.1, -0.05) is 99.8 Å².